The summed E-state index contributed by atoms with van der Waals surface area (Å²) in [7, 11) is 1.49. The highest BCUT2D eigenvalue weighted by atomic mass is 35.5. The molecule has 1 heterocycles. The zero-order valence-corrected chi connectivity index (χ0v) is 12.1. The largest absolute Gasteiger partial charge is 0.477 e. The fourth-order valence-electron chi connectivity index (χ4n) is 1.51. The van der Waals surface area contributed by atoms with Crippen LogP contribution >= 0.6 is 34.5 Å². The molecular weight excluding hydrogens is 309 g/mol. The number of hydrogen-bond donors (Lipinski definition) is 1. The van der Waals surface area contributed by atoms with Gasteiger partial charge in [-0.15, -0.1) is 11.3 Å². The molecule has 0 saturated carbocycles. The Bertz CT molecular complexity index is 627. The topological polar surface area (TPSA) is 59.4 Å². The van der Waals surface area contributed by atoms with E-state index in [0.29, 0.717) is 20.7 Å². The molecule has 4 nitrogen and oxygen atoms in total. The fourth-order valence-corrected chi connectivity index (χ4v) is 2.71. The number of carboxylic acid groups (broad SMARTS) is 1. The molecule has 0 radical (unpaired) electrons. The molecule has 2 aromatic rings. The van der Waals surface area contributed by atoms with Gasteiger partial charge in [0.15, 0.2) is 0 Å². The molecule has 0 spiro atoms. The SMILES string of the molecule is COCc1nc(-c2ccc(Cl)c(Cl)c2)sc1C(=O)O. The van der Waals surface area contributed by atoms with Crippen LogP contribution < -0.4 is 0 Å². The maximum Gasteiger partial charge on any atom is 0.347 e. The molecule has 0 bridgehead atoms. The summed E-state index contributed by atoms with van der Waals surface area (Å²) in [4.78, 5) is 15.6. The number of halogens is 2. The zero-order valence-electron chi connectivity index (χ0n) is 9.81. The van der Waals surface area contributed by atoms with Crippen LogP contribution in [0.4, 0.5) is 0 Å². The van der Waals surface area contributed by atoms with Crippen LogP contribution in [0.3, 0.4) is 0 Å². The van der Waals surface area contributed by atoms with Gasteiger partial charge < -0.3 is 9.84 Å². The second kappa shape index (κ2) is 5.88. The van der Waals surface area contributed by atoms with E-state index in [1.165, 1.54) is 7.11 Å². The molecule has 0 fully saturated rings. The Morgan fingerprint density at radius 1 is 1.42 bits per heavy atom. The Hall–Kier alpha value is -1.14. The highest BCUT2D eigenvalue weighted by molar-refractivity contribution is 7.17. The van der Waals surface area contributed by atoms with Crippen LogP contribution in [-0.2, 0) is 11.3 Å². The smallest absolute Gasteiger partial charge is 0.347 e. The van der Waals surface area contributed by atoms with Gasteiger partial charge in [-0.3, -0.25) is 0 Å². The summed E-state index contributed by atoms with van der Waals surface area (Å²) >= 11 is 12.9. The van der Waals surface area contributed by atoms with Gasteiger partial charge in [0.1, 0.15) is 9.88 Å². The van der Waals surface area contributed by atoms with Gasteiger partial charge in [-0.2, -0.15) is 0 Å². The number of hydrogen-bond acceptors (Lipinski definition) is 4. The third-order valence-electron chi connectivity index (χ3n) is 2.34. The Morgan fingerprint density at radius 2 is 2.16 bits per heavy atom. The second-order valence-electron chi connectivity index (χ2n) is 3.66. The van der Waals surface area contributed by atoms with E-state index in [1.54, 1.807) is 18.2 Å². The minimum absolute atomic E-state index is 0.152. The van der Waals surface area contributed by atoms with Gasteiger partial charge in [0, 0.05) is 12.7 Å². The predicted molar refractivity (Wildman–Crippen MR) is 75.2 cm³/mol. The molecule has 1 aromatic heterocycles. The van der Waals surface area contributed by atoms with Crippen molar-refractivity contribution in [3.8, 4) is 10.6 Å². The number of aromatic carboxylic acids is 1. The van der Waals surface area contributed by atoms with Crippen LogP contribution in [0.1, 0.15) is 15.4 Å². The van der Waals surface area contributed by atoms with E-state index in [1.807, 2.05) is 0 Å². The minimum atomic E-state index is -1.02. The van der Waals surface area contributed by atoms with Crippen molar-refractivity contribution in [3.05, 3.63) is 38.8 Å². The van der Waals surface area contributed by atoms with Gasteiger partial charge in [0.25, 0.3) is 0 Å². The lowest BCUT2D eigenvalue weighted by Crippen LogP contribution is -1.99. The number of carbonyl (C=O) groups is 1. The molecule has 2 rings (SSSR count). The van der Waals surface area contributed by atoms with E-state index in [0.717, 1.165) is 16.9 Å². The van der Waals surface area contributed by atoms with E-state index in [4.69, 9.17) is 33.0 Å². The van der Waals surface area contributed by atoms with Crippen molar-refractivity contribution in [2.75, 3.05) is 7.11 Å². The third kappa shape index (κ3) is 3.06. The van der Waals surface area contributed by atoms with Gasteiger partial charge in [0.05, 0.1) is 22.3 Å². The lowest BCUT2D eigenvalue weighted by molar-refractivity contribution is 0.0697. The van der Waals surface area contributed by atoms with E-state index >= 15 is 0 Å². The molecule has 0 saturated heterocycles. The Balaban J connectivity index is 2.47. The molecule has 19 heavy (non-hydrogen) atoms. The first kappa shape index (κ1) is 14.3. The average Bonchev–Trinajstić information content (AvgIpc) is 2.77. The number of methoxy groups -OCH3 is 1. The first-order chi connectivity index (χ1) is 9.02. The number of carboxylic acids is 1. The first-order valence-electron chi connectivity index (χ1n) is 5.20. The maximum atomic E-state index is 11.1. The summed E-state index contributed by atoms with van der Waals surface area (Å²) in [6.45, 7) is 0.152. The zero-order chi connectivity index (χ0) is 14.0. The summed E-state index contributed by atoms with van der Waals surface area (Å²) in [6, 6.07) is 5.05. The summed E-state index contributed by atoms with van der Waals surface area (Å²) in [5.41, 5.74) is 1.13. The third-order valence-corrected chi connectivity index (χ3v) is 4.21. The predicted octanol–water partition coefficient (Wildman–Crippen LogP) is 3.96. The van der Waals surface area contributed by atoms with Crippen LogP contribution in [0.15, 0.2) is 18.2 Å². The molecule has 1 aromatic carbocycles. The second-order valence-corrected chi connectivity index (χ2v) is 5.48. The Morgan fingerprint density at radius 3 is 2.74 bits per heavy atom. The van der Waals surface area contributed by atoms with Crippen LogP contribution in [0.25, 0.3) is 10.6 Å². The Kier molecular flexibility index (Phi) is 4.42. The summed E-state index contributed by atoms with van der Waals surface area (Å²) in [5, 5.41) is 10.5. The Labute approximate surface area is 123 Å². The van der Waals surface area contributed by atoms with Gasteiger partial charge >= 0.3 is 5.97 Å². The quantitative estimate of drug-likeness (QED) is 0.927. The molecule has 1 N–H and O–H groups in total. The van der Waals surface area contributed by atoms with Crippen molar-refractivity contribution in [2.24, 2.45) is 0 Å². The van der Waals surface area contributed by atoms with Gasteiger partial charge in [-0.25, -0.2) is 9.78 Å². The first-order valence-corrected chi connectivity index (χ1v) is 6.77. The van der Waals surface area contributed by atoms with Crippen LogP contribution in [0, 0.1) is 0 Å². The summed E-state index contributed by atoms with van der Waals surface area (Å²) in [6.07, 6.45) is 0. The molecule has 0 unspecified atom stereocenters. The number of thiazole rings is 1. The summed E-state index contributed by atoms with van der Waals surface area (Å²) in [5.74, 6) is -1.02. The van der Waals surface area contributed by atoms with Crippen molar-refractivity contribution < 1.29 is 14.6 Å². The fraction of sp³-hybridized carbons (Fsp3) is 0.167. The molecule has 7 heteroatoms. The summed E-state index contributed by atoms with van der Waals surface area (Å²) < 4.78 is 4.94. The number of benzene rings is 1. The van der Waals surface area contributed by atoms with Crippen molar-refractivity contribution in [3.63, 3.8) is 0 Å². The number of ether oxygens (including phenoxy) is 1. The molecule has 0 atom stereocenters. The lowest BCUT2D eigenvalue weighted by Gasteiger charge is -1.99. The van der Waals surface area contributed by atoms with Crippen LogP contribution in [0.5, 0.6) is 0 Å². The average molecular weight is 318 g/mol. The van der Waals surface area contributed by atoms with Crippen molar-refractivity contribution in [1.29, 1.82) is 0 Å². The highest BCUT2D eigenvalue weighted by Crippen LogP contribution is 2.32. The molecule has 0 aliphatic heterocycles. The van der Waals surface area contributed by atoms with Gasteiger partial charge in [-0.1, -0.05) is 29.3 Å². The maximum absolute atomic E-state index is 11.1. The van der Waals surface area contributed by atoms with E-state index in [9.17, 15) is 4.79 Å². The number of nitrogens with zero attached hydrogens (tertiary/aromatic N) is 1. The van der Waals surface area contributed by atoms with Crippen molar-refractivity contribution >= 4 is 40.5 Å². The molecule has 0 aliphatic carbocycles. The van der Waals surface area contributed by atoms with Crippen molar-refractivity contribution in [2.45, 2.75) is 6.61 Å². The van der Waals surface area contributed by atoms with E-state index < -0.39 is 5.97 Å². The highest BCUT2D eigenvalue weighted by Gasteiger charge is 2.18. The normalized spacial score (nSPS) is 10.7. The van der Waals surface area contributed by atoms with E-state index in [-0.39, 0.29) is 11.5 Å². The van der Waals surface area contributed by atoms with Crippen LogP contribution in [-0.4, -0.2) is 23.2 Å². The number of aromatic nitrogens is 1. The van der Waals surface area contributed by atoms with Crippen molar-refractivity contribution in [1.82, 2.24) is 4.98 Å². The molecular formula is C12H9Cl2NO3S. The molecule has 100 valence electrons. The number of rotatable bonds is 4. The standard InChI is InChI=1S/C12H9Cl2NO3S/c1-18-5-9-10(12(16)17)19-11(15-9)6-2-3-7(13)8(14)4-6/h2-4H,5H2,1H3,(H,16,17). The monoisotopic (exact) mass is 317 g/mol. The van der Waals surface area contributed by atoms with Gasteiger partial charge in [0.2, 0.25) is 0 Å². The minimum Gasteiger partial charge on any atom is -0.477 e. The lowest BCUT2D eigenvalue weighted by atomic mass is 10.2. The molecule has 0 aliphatic rings. The van der Waals surface area contributed by atoms with E-state index in [2.05, 4.69) is 4.98 Å². The van der Waals surface area contributed by atoms with Gasteiger partial charge in [-0.05, 0) is 12.1 Å². The molecule has 0 amide bonds. The van der Waals surface area contributed by atoms with Crippen LogP contribution in [0.2, 0.25) is 10.0 Å².